The van der Waals surface area contributed by atoms with Crippen LogP contribution >= 0.6 is 23.2 Å². The van der Waals surface area contributed by atoms with E-state index in [9.17, 15) is 18.0 Å². The van der Waals surface area contributed by atoms with Gasteiger partial charge in [-0.15, -0.1) is 0 Å². The van der Waals surface area contributed by atoms with Gasteiger partial charge in [0, 0.05) is 28.7 Å². The fraction of sp³-hybridized carbons (Fsp3) is 0.355. The number of nitrogens with zero attached hydrogens (tertiary/aromatic N) is 2. The van der Waals surface area contributed by atoms with E-state index in [1.54, 1.807) is 56.3 Å². The summed E-state index contributed by atoms with van der Waals surface area (Å²) in [5.41, 5.74) is 3.42. The summed E-state index contributed by atoms with van der Waals surface area (Å²) in [5.74, 6) is -0.888. The molecule has 41 heavy (non-hydrogen) atoms. The third kappa shape index (κ3) is 7.82. The van der Waals surface area contributed by atoms with Gasteiger partial charge in [-0.25, -0.2) is 8.42 Å². The van der Waals surface area contributed by atoms with Gasteiger partial charge in [-0.2, -0.15) is 0 Å². The Hall–Kier alpha value is -3.07. The Morgan fingerprint density at radius 2 is 1.51 bits per heavy atom. The molecule has 0 bridgehead atoms. The number of benzene rings is 3. The van der Waals surface area contributed by atoms with Gasteiger partial charge in [0.25, 0.3) is 10.0 Å². The second-order valence-electron chi connectivity index (χ2n) is 10.1. The summed E-state index contributed by atoms with van der Waals surface area (Å²) in [6, 6.07) is 16.0. The Kier molecular flexibility index (Phi) is 11.2. The maximum absolute atomic E-state index is 14.2. The summed E-state index contributed by atoms with van der Waals surface area (Å²) in [6.07, 6.45) is 1.03. The summed E-state index contributed by atoms with van der Waals surface area (Å²) in [4.78, 5) is 28.9. The summed E-state index contributed by atoms with van der Waals surface area (Å²) >= 11 is 12.9. The lowest BCUT2D eigenvalue weighted by Crippen LogP contribution is -2.52. The number of nitrogens with one attached hydrogen (secondary N) is 1. The minimum absolute atomic E-state index is 0.0595. The molecule has 0 aliphatic heterocycles. The lowest BCUT2D eigenvalue weighted by molar-refractivity contribution is -0.140. The lowest BCUT2D eigenvalue weighted by Gasteiger charge is -2.34. The number of sulfonamides is 1. The van der Waals surface area contributed by atoms with Crippen molar-refractivity contribution in [2.45, 2.75) is 64.9 Å². The Morgan fingerprint density at radius 3 is 2.07 bits per heavy atom. The van der Waals surface area contributed by atoms with Crippen molar-refractivity contribution in [1.82, 2.24) is 10.2 Å². The fourth-order valence-corrected chi connectivity index (χ4v) is 6.57. The first-order chi connectivity index (χ1) is 19.4. The van der Waals surface area contributed by atoms with E-state index in [-0.39, 0.29) is 17.3 Å². The van der Waals surface area contributed by atoms with Crippen molar-refractivity contribution in [2.75, 3.05) is 17.4 Å². The van der Waals surface area contributed by atoms with Crippen LogP contribution in [-0.4, -0.2) is 44.3 Å². The summed E-state index contributed by atoms with van der Waals surface area (Å²) in [7, 11) is -4.16. The van der Waals surface area contributed by atoms with Gasteiger partial charge in [-0.1, -0.05) is 78.5 Å². The number of amides is 2. The predicted molar refractivity (Wildman–Crippen MR) is 166 cm³/mol. The molecule has 0 radical (unpaired) electrons. The number of anilines is 1. The van der Waals surface area contributed by atoms with Crippen LogP contribution < -0.4 is 9.62 Å². The number of hydrogen-bond acceptors (Lipinski definition) is 4. The third-order valence-corrected chi connectivity index (χ3v) is 9.32. The predicted octanol–water partition coefficient (Wildman–Crippen LogP) is 6.45. The molecule has 0 spiro atoms. The molecule has 7 nitrogen and oxygen atoms in total. The molecule has 0 aliphatic carbocycles. The number of carbonyl (C=O) groups excluding carboxylic acids is 2. The maximum Gasteiger partial charge on any atom is 0.264 e. The zero-order valence-corrected chi connectivity index (χ0v) is 26.4. The van der Waals surface area contributed by atoms with Gasteiger partial charge in [0.1, 0.15) is 12.6 Å². The maximum atomic E-state index is 14.2. The van der Waals surface area contributed by atoms with Gasteiger partial charge in [-0.3, -0.25) is 13.9 Å². The fourth-order valence-electron chi connectivity index (χ4n) is 4.58. The van der Waals surface area contributed by atoms with E-state index in [2.05, 4.69) is 5.32 Å². The number of aryl methyl sites for hydroxylation is 3. The van der Waals surface area contributed by atoms with Crippen LogP contribution in [0.15, 0.2) is 65.6 Å². The van der Waals surface area contributed by atoms with E-state index in [0.717, 1.165) is 21.9 Å². The van der Waals surface area contributed by atoms with Crippen LogP contribution in [0.2, 0.25) is 10.0 Å². The monoisotopic (exact) mass is 617 g/mol. The highest BCUT2D eigenvalue weighted by atomic mass is 35.5. The zero-order chi connectivity index (χ0) is 30.3. The van der Waals surface area contributed by atoms with Gasteiger partial charge in [0.2, 0.25) is 11.8 Å². The van der Waals surface area contributed by atoms with Crippen molar-refractivity contribution >= 4 is 50.7 Å². The van der Waals surface area contributed by atoms with Gasteiger partial charge in [0.05, 0.1) is 10.6 Å². The molecule has 0 saturated carbocycles. The average molecular weight is 619 g/mol. The van der Waals surface area contributed by atoms with Crippen LogP contribution in [0.4, 0.5) is 5.69 Å². The van der Waals surface area contributed by atoms with Crippen LogP contribution in [0.5, 0.6) is 0 Å². The number of hydrogen-bond donors (Lipinski definition) is 1. The van der Waals surface area contributed by atoms with Crippen molar-refractivity contribution < 1.29 is 18.0 Å². The third-order valence-electron chi connectivity index (χ3n) is 6.83. The molecular weight excluding hydrogens is 581 g/mol. The average Bonchev–Trinajstić information content (AvgIpc) is 2.92. The SMILES string of the molecule is CCCNC(=O)[C@@H](CC)N(Cc1c(Cl)cccc1Cl)C(=O)CN(c1ccc(C)cc1C)S(=O)(=O)c1ccc(C)cc1. The first kappa shape index (κ1) is 32.4. The standard InChI is InChI=1S/C31H37Cl2N3O4S/c1-6-17-34-31(38)28(7-2)35(19-25-26(32)9-8-10-27(25)33)30(37)20-36(29-16-13-22(4)18-23(29)5)41(39,40)24-14-11-21(3)12-15-24/h8-16,18,28H,6-7,17,19-20H2,1-5H3,(H,34,38)/t28-/m1/s1. The number of halogens is 2. The first-order valence-corrected chi connectivity index (χ1v) is 15.8. The largest absolute Gasteiger partial charge is 0.354 e. The topological polar surface area (TPSA) is 86.8 Å². The van der Waals surface area contributed by atoms with E-state index >= 15 is 0 Å². The smallest absolute Gasteiger partial charge is 0.264 e. The quantitative estimate of drug-likeness (QED) is 0.253. The lowest BCUT2D eigenvalue weighted by atomic mass is 10.1. The molecule has 3 aromatic rings. The van der Waals surface area contributed by atoms with Crippen LogP contribution in [0, 0.1) is 20.8 Å². The molecule has 220 valence electrons. The molecule has 0 heterocycles. The first-order valence-electron chi connectivity index (χ1n) is 13.6. The van der Waals surface area contributed by atoms with E-state index in [1.807, 2.05) is 26.8 Å². The van der Waals surface area contributed by atoms with Crippen molar-refractivity contribution in [1.29, 1.82) is 0 Å². The van der Waals surface area contributed by atoms with Crippen LogP contribution in [0.1, 0.15) is 48.9 Å². The van der Waals surface area contributed by atoms with Gasteiger partial charge >= 0.3 is 0 Å². The molecule has 1 atom stereocenters. The molecule has 1 N–H and O–H groups in total. The highest BCUT2D eigenvalue weighted by molar-refractivity contribution is 7.92. The van der Waals surface area contributed by atoms with Gasteiger partial charge < -0.3 is 10.2 Å². The molecule has 3 rings (SSSR count). The second-order valence-corrected chi connectivity index (χ2v) is 12.7. The van der Waals surface area contributed by atoms with Gasteiger partial charge in [0.15, 0.2) is 0 Å². The summed E-state index contributed by atoms with van der Waals surface area (Å²) in [5, 5.41) is 3.55. The normalized spacial score (nSPS) is 12.1. The minimum Gasteiger partial charge on any atom is -0.354 e. The molecular formula is C31H37Cl2N3O4S. The van der Waals surface area contributed by atoms with Crippen molar-refractivity contribution in [2.24, 2.45) is 0 Å². The second kappa shape index (κ2) is 14.2. The summed E-state index contributed by atoms with van der Waals surface area (Å²) in [6.45, 7) is 9.17. The van der Waals surface area contributed by atoms with Crippen LogP contribution in [-0.2, 0) is 26.2 Å². The van der Waals surface area contributed by atoms with E-state index in [1.165, 1.54) is 17.0 Å². The number of carbonyl (C=O) groups is 2. The van der Waals surface area contributed by atoms with Gasteiger partial charge in [-0.05, 0) is 69.5 Å². The number of rotatable bonds is 12. The van der Waals surface area contributed by atoms with Crippen molar-refractivity contribution in [3.63, 3.8) is 0 Å². The van der Waals surface area contributed by atoms with Crippen molar-refractivity contribution in [3.8, 4) is 0 Å². The molecule has 2 amide bonds. The van der Waals surface area contributed by atoms with E-state index < -0.39 is 28.5 Å². The highest BCUT2D eigenvalue weighted by Gasteiger charge is 2.34. The van der Waals surface area contributed by atoms with E-state index in [4.69, 9.17) is 23.2 Å². The Balaban J connectivity index is 2.12. The molecule has 0 saturated heterocycles. The Labute approximate surface area is 253 Å². The molecule has 0 unspecified atom stereocenters. The molecule has 0 aliphatic rings. The zero-order valence-electron chi connectivity index (χ0n) is 24.1. The van der Waals surface area contributed by atoms with E-state index in [0.29, 0.717) is 39.8 Å². The molecule has 10 heteroatoms. The molecule has 3 aromatic carbocycles. The molecule has 0 aromatic heterocycles. The minimum atomic E-state index is -4.16. The molecule has 0 fully saturated rings. The van der Waals surface area contributed by atoms with Crippen molar-refractivity contribution in [3.05, 3.63) is 93.0 Å². The van der Waals surface area contributed by atoms with Crippen LogP contribution in [0.25, 0.3) is 0 Å². The Morgan fingerprint density at radius 1 is 0.902 bits per heavy atom. The Bertz CT molecular complexity index is 1470. The summed E-state index contributed by atoms with van der Waals surface area (Å²) < 4.78 is 29.2. The van der Waals surface area contributed by atoms with Crippen LogP contribution in [0.3, 0.4) is 0 Å². The highest BCUT2D eigenvalue weighted by Crippen LogP contribution is 2.30.